The van der Waals surface area contributed by atoms with Crippen molar-refractivity contribution in [1.29, 1.82) is 0 Å². The zero-order chi connectivity index (χ0) is 22.0. The number of aromatic nitrogens is 1. The highest BCUT2D eigenvalue weighted by atomic mass is 19.4. The number of hydrogen-bond donors (Lipinski definition) is 1. The van der Waals surface area contributed by atoms with Gasteiger partial charge in [-0.2, -0.15) is 22.0 Å². The molecule has 156 valence electrons. The SMILES string of the molecule is COC(=O)c1c(C(F)(F)F)nc(C(F)(F)C(N)=O)c(C(=O)OC)c1CC(C)C. The van der Waals surface area contributed by atoms with E-state index >= 15 is 0 Å². The summed E-state index contributed by atoms with van der Waals surface area (Å²) in [6.07, 6.45) is -5.81. The third kappa shape index (κ3) is 4.37. The minimum atomic E-state index is -5.38. The number of pyridine rings is 1. The van der Waals surface area contributed by atoms with Gasteiger partial charge in [-0.1, -0.05) is 13.8 Å². The zero-order valence-corrected chi connectivity index (χ0v) is 15.2. The molecule has 1 amide bonds. The molecule has 0 aromatic carbocycles. The van der Waals surface area contributed by atoms with Gasteiger partial charge in [0.25, 0.3) is 5.91 Å². The van der Waals surface area contributed by atoms with E-state index in [1.54, 1.807) is 0 Å². The Bertz CT molecular complexity index is 806. The molecule has 0 saturated heterocycles. The van der Waals surface area contributed by atoms with E-state index in [0.717, 1.165) is 14.2 Å². The average molecular weight is 412 g/mol. The second-order valence-corrected chi connectivity index (χ2v) is 6.06. The van der Waals surface area contributed by atoms with Crippen LogP contribution in [-0.4, -0.2) is 37.0 Å². The molecule has 7 nitrogen and oxygen atoms in total. The van der Waals surface area contributed by atoms with E-state index in [1.165, 1.54) is 13.8 Å². The molecular weight excluding hydrogens is 395 g/mol. The number of rotatable bonds is 6. The minimum absolute atomic E-state index is 0.428. The van der Waals surface area contributed by atoms with Crippen LogP contribution < -0.4 is 5.73 Å². The molecule has 0 aliphatic carbocycles. The largest absolute Gasteiger partial charge is 0.465 e. The number of nitrogens with zero attached hydrogens (tertiary/aromatic N) is 1. The summed E-state index contributed by atoms with van der Waals surface area (Å²) in [5, 5.41) is 0. The van der Waals surface area contributed by atoms with Gasteiger partial charge in [-0.05, 0) is 17.9 Å². The third-order valence-corrected chi connectivity index (χ3v) is 3.57. The number of alkyl halides is 5. The van der Waals surface area contributed by atoms with Crippen LogP contribution >= 0.6 is 0 Å². The van der Waals surface area contributed by atoms with Crippen molar-refractivity contribution in [3.05, 3.63) is 28.1 Å². The Morgan fingerprint density at radius 3 is 1.71 bits per heavy atom. The molecule has 0 aliphatic heterocycles. The van der Waals surface area contributed by atoms with Crippen molar-refractivity contribution in [2.45, 2.75) is 32.4 Å². The first-order valence-corrected chi connectivity index (χ1v) is 7.68. The molecule has 1 aromatic heterocycles. The maximum absolute atomic E-state index is 14.3. The molecule has 2 N–H and O–H groups in total. The maximum Gasteiger partial charge on any atom is 0.434 e. The third-order valence-electron chi connectivity index (χ3n) is 3.57. The first-order valence-electron chi connectivity index (χ1n) is 7.68. The normalized spacial score (nSPS) is 12.1. The van der Waals surface area contributed by atoms with Gasteiger partial charge in [0.2, 0.25) is 0 Å². The summed E-state index contributed by atoms with van der Waals surface area (Å²) in [6, 6.07) is 0. The highest BCUT2D eigenvalue weighted by molar-refractivity contribution is 6.01. The first-order chi connectivity index (χ1) is 12.7. The summed E-state index contributed by atoms with van der Waals surface area (Å²) < 4.78 is 77.8. The zero-order valence-electron chi connectivity index (χ0n) is 15.2. The number of carbonyl (C=O) groups excluding carboxylic acids is 3. The molecule has 1 heterocycles. The van der Waals surface area contributed by atoms with Crippen LogP contribution in [0.15, 0.2) is 0 Å². The van der Waals surface area contributed by atoms with Crippen LogP contribution in [0.3, 0.4) is 0 Å². The van der Waals surface area contributed by atoms with Crippen molar-refractivity contribution in [3.8, 4) is 0 Å². The monoisotopic (exact) mass is 412 g/mol. The predicted octanol–water partition coefficient (Wildman–Crippen LogP) is 2.45. The topological polar surface area (TPSA) is 109 Å². The van der Waals surface area contributed by atoms with Crippen LogP contribution in [-0.2, 0) is 32.8 Å². The van der Waals surface area contributed by atoms with Gasteiger partial charge in [0.1, 0.15) is 5.69 Å². The molecule has 12 heteroatoms. The summed E-state index contributed by atoms with van der Waals surface area (Å²) in [5.74, 6) is -10.6. The number of nitrogens with two attached hydrogens (primary N) is 1. The van der Waals surface area contributed by atoms with Crippen molar-refractivity contribution in [3.63, 3.8) is 0 Å². The van der Waals surface area contributed by atoms with Crippen molar-refractivity contribution in [2.24, 2.45) is 11.7 Å². The molecule has 0 saturated carbocycles. The fourth-order valence-electron chi connectivity index (χ4n) is 2.44. The van der Waals surface area contributed by atoms with E-state index in [2.05, 4.69) is 20.2 Å². The molecule has 0 unspecified atom stereocenters. The maximum atomic E-state index is 14.3. The van der Waals surface area contributed by atoms with Crippen LogP contribution in [0.2, 0.25) is 0 Å². The van der Waals surface area contributed by atoms with Crippen molar-refractivity contribution >= 4 is 17.8 Å². The molecule has 0 aliphatic rings. The van der Waals surface area contributed by atoms with Gasteiger partial charge in [-0.25, -0.2) is 14.6 Å². The molecular formula is C16H17F5N2O5. The highest BCUT2D eigenvalue weighted by Gasteiger charge is 2.49. The highest BCUT2D eigenvalue weighted by Crippen LogP contribution is 2.39. The van der Waals surface area contributed by atoms with E-state index in [9.17, 15) is 36.3 Å². The summed E-state index contributed by atoms with van der Waals surface area (Å²) >= 11 is 0. The molecule has 1 aromatic rings. The first kappa shape index (κ1) is 23.2. The van der Waals surface area contributed by atoms with Gasteiger partial charge in [-0.15, -0.1) is 0 Å². The predicted molar refractivity (Wildman–Crippen MR) is 83.5 cm³/mol. The number of methoxy groups -OCH3 is 2. The Kier molecular flexibility index (Phi) is 6.70. The lowest BCUT2D eigenvalue weighted by Gasteiger charge is -2.23. The average Bonchev–Trinajstić information content (AvgIpc) is 2.57. The summed E-state index contributed by atoms with van der Waals surface area (Å²) in [7, 11) is 1.55. The van der Waals surface area contributed by atoms with Crippen LogP contribution in [0.4, 0.5) is 22.0 Å². The molecule has 0 atom stereocenters. The van der Waals surface area contributed by atoms with Gasteiger partial charge in [0, 0.05) is 0 Å². The lowest BCUT2D eigenvalue weighted by molar-refractivity contribution is -0.147. The van der Waals surface area contributed by atoms with Crippen LogP contribution in [0, 0.1) is 5.92 Å². The van der Waals surface area contributed by atoms with Gasteiger partial charge in [0.15, 0.2) is 5.69 Å². The smallest absolute Gasteiger partial charge is 0.434 e. The van der Waals surface area contributed by atoms with Crippen molar-refractivity contribution < 1.29 is 45.8 Å². The molecule has 0 bridgehead atoms. The Morgan fingerprint density at radius 1 is 0.964 bits per heavy atom. The second-order valence-electron chi connectivity index (χ2n) is 6.06. The van der Waals surface area contributed by atoms with E-state index < -0.39 is 70.4 Å². The number of amides is 1. The lowest BCUT2D eigenvalue weighted by atomic mass is 9.89. The van der Waals surface area contributed by atoms with E-state index in [1.807, 2.05) is 0 Å². The quantitative estimate of drug-likeness (QED) is 0.568. The Labute approximate surface area is 156 Å². The van der Waals surface area contributed by atoms with Crippen LogP contribution in [0.1, 0.15) is 51.5 Å². The number of hydrogen-bond acceptors (Lipinski definition) is 6. The molecule has 0 fully saturated rings. The van der Waals surface area contributed by atoms with E-state index in [4.69, 9.17) is 0 Å². The molecule has 1 rings (SSSR count). The van der Waals surface area contributed by atoms with Crippen LogP contribution in [0.5, 0.6) is 0 Å². The number of halogens is 5. The summed E-state index contributed by atoms with van der Waals surface area (Å²) in [4.78, 5) is 38.1. The Hall–Kier alpha value is -2.79. The number of carbonyl (C=O) groups is 3. The Balaban J connectivity index is 4.27. The Morgan fingerprint density at radius 2 is 1.39 bits per heavy atom. The number of primary amides is 1. The van der Waals surface area contributed by atoms with E-state index in [0.29, 0.717) is 0 Å². The van der Waals surface area contributed by atoms with Gasteiger partial charge < -0.3 is 15.2 Å². The van der Waals surface area contributed by atoms with Crippen LogP contribution in [0.25, 0.3) is 0 Å². The summed E-state index contributed by atoms with van der Waals surface area (Å²) in [5.41, 5.74) is -2.37. The van der Waals surface area contributed by atoms with Crippen molar-refractivity contribution in [2.75, 3.05) is 14.2 Å². The van der Waals surface area contributed by atoms with Gasteiger partial charge >= 0.3 is 24.0 Å². The number of ether oxygens (including phenoxy) is 2. The number of esters is 2. The van der Waals surface area contributed by atoms with E-state index in [-0.39, 0.29) is 0 Å². The fraction of sp³-hybridized carbons (Fsp3) is 0.500. The van der Waals surface area contributed by atoms with Gasteiger partial charge in [-0.3, -0.25) is 4.79 Å². The minimum Gasteiger partial charge on any atom is -0.465 e. The van der Waals surface area contributed by atoms with Gasteiger partial charge in [0.05, 0.1) is 25.3 Å². The fourth-order valence-corrected chi connectivity index (χ4v) is 2.44. The van der Waals surface area contributed by atoms with Crippen molar-refractivity contribution in [1.82, 2.24) is 4.98 Å². The molecule has 28 heavy (non-hydrogen) atoms. The standard InChI is InChI=1S/C16H17F5N2O5/c1-6(2)5-7-8(12(24)27-3)10(15(17,18)14(22)26)23-11(16(19,20)21)9(7)13(25)28-4/h6H,5H2,1-4H3,(H2,22,26). The molecule has 0 spiro atoms. The molecule has 0 radical (unpaired) electrons. The second kappa shape index (κ2) is 8.07. The lowest BCUT2D eigenvalue weighted by Crippen LogP contribution is -2.37. The summed E-state index contributed by atoms with van der Waals surface area (Å²) in [6.45, 7) is 3.00.